The van der Waals surface area contributed by atoms with Crippen LogP contribution in [0.1, 0.15) is 25.7 Å². The highest BCUT2D eigenvalue weighted by Crippen LogP contribution is 2.28. The molecule has 1 aliphatic rings. The first-order chi connectivity index (χ1) is 5.74. The van der Waals surface area contributed by atoms with Gasteiger partial charge in [-0.1, -0.05) is 0 Å². The van der Waals surface area contributed by atoms with Crippen molar-refractivity contribution < 1.29 is 14.6 Å². The molecule has 0 aromatic rings. The van der Waals surface area contributed by atoms with E-state index in [-0.39, 0.29) is 5.92 Å². The van der Waals surface area contributed by atoms with E-state index in [9.17, 15) is 9.90 Å². The monoisotopic (exact) mass is 171 g/mol. The molecule has 0 spiro atoms. The van der Waals surface area contributed by atoms with Gasteiger partial charge < -0.3 is 14.6 Å². The minimum Gasteiger partial charge on any atom is -0.550 e. The lowest BCUT2D eigenvalue weighted by molar-refractivity contribution is -0.312. The normalized spacial score (nSPS) is 30.1. The average Bonchev–Trinajstić information content (AvgIpc) is 2.06. The van der Waals surface area contributed by atoms with Crippen LogP contribution in [-0.4, -0.2) is 19.7 Å². The van der Waals surface area contributed by atoms with E-state index < -0.39 is 5.97 Å². The SMILES string of the molecule is COCC1CCC(C(=O)[O-])CC1. The van der Waals surface area contributed by atoms with E-state index in [2.05, 4.69) is 0 Å². The molecule has 12 heavy (non-hydrogen) atoms. The van der Waals surface area contributed by atoms with Gasteiger partial charge in [-0.15, -0.1) is 0 Å². The van der Waals surface area contributed by atoms with Crippen LogP contribution in [-0.2, 0) is 9.53 Å². The second-order valence-electron chi connectivity index (χ2n) is 3.49. The zero-order valence-corrected chi connectivity index (χ0v) is 7.41. The first-order valence-electron chi connectivity index (χ1n) is 4.44. The van der Waals surface area contributed by atoms with Gasteiger partial charge in [0.2, 0.25) is 0 Å². The van der Waals surface area contributed by atoms with Crippen molar-refractivity contribution in [3.05, 3.63) is 0 Å². The average molecular weight is 171 g/mol. The minimum absolute atomic E-state index is 0.210. The highest BCUT2D eigenvalue weighted by atomic mass is 16.5. The number of hydrogen-bond donors (Lipinski definition) is 0. The van der Waals surface area contributed by atoms with Crippen molar-refractivity contribution in [2.24, 2.45) is 11.8 Å². The van der Waals surface area contributed by atoms with Gasteiger partial charge in [-0.2, -0.15) is 0 Å². The number of rotatable bonds is 3. The summed E-state index contributed by atoms with van der Waals surface area (Å²) in [7, 11) is 1.69. The van der Waals surface area contributed by atoms with Gasteiger partial charge in [-0.05, 0) is 37.5 Å². The fourth-order valence-corrected chi connectivity index (χ4v) is 1.80. The van der Waals surface area contributed by atoms with Crippen LogP contribution in [0.2, 0.25) is 0 Å². The fourth-order valence-electron chi connectivity index (χ4n) is 1.80. The number of carboxylic acids is 1. The molecule has 0 unspecified atom stereocenters. The van der Waals surface area contributed by atoms with Gasteiger partial charge in [0.05, 0.1) is 0 Å². The molecule has 0 atom stereocenters. The van der Waals surface area contributed by atoms with Gasteiger partial charge in [0.15, 0.2) is 0 Å². The topological polar surface area (TPSA) is 49.4 Å². The van der Waals surface area contributed by atoms with Crippen LogP contribution >= 0.6 is 0 Å². The maximum Gasteiger partial charge on any atom is 0.0490 e. The Morgan fingerprint density at radius 3 is 2.42 bits per heavy atom. The van der Waals surface area contributed by atoms with Crippen molar-refractivity contribution in [3.63, 3.8) is 0 Å². The molecule has 0 aromatic heterocycles. The highest BCUT2D eigenvalue weighted by Gasteiger charge is 2.21. The molecular formula is C9H15O3-. The molecule has 1 aliphatic carbocycles. The zero-order valence-electron chi connectivity index (χ0n) is 7.41. The summed E-state index contributed by atoms with van der Waals surface area (Å²) >= 11 is 0. The molecule has 1 rings (SSSR count). The van der Waals surface area contributed by atoms with E-state index in [4.69, 9.17) is 4.74 Å². The van der Waals surface area contributed by atoms with Crippen LogP contribution in [0.5, 0.6) is 0 Å². The Hall–Kier alpha value is -0.570. The highest BCUT2D eigenvalue weighted by molar-refractivity contribution is 5.67. The standard InChI is InChI=1S/C9H16O3/c1-12-6-7-2-4-8(5-3-7)9(10)11/h7-8H,2-6H2,1H3,(H,10,11)/p-1. The Morgan fingerprint density at radius 2 is 2.00 bits per heavy atom. The summed E-state index contributed by atoms with van der Waals surface area (Å²) in [4.78, 5) is 10.5. The Labute approximate surface area is 72.7 Å². The molecule has 0 N–H and O–H groups in total. The number of methoxy groups -OCH3 is 1. The molecule has 0 bridgehead atoms. The Kier molecular flexibility index (Phi) is 3.53. The van der Waals surface area contributed by atoms with Gasteiger partial charge in [0.1, 0.15) is 0 Å². The molecule has 0 aromatic carbocycles. The summed E-state index contributed by atoms with van der Waals surface area (Å²) in [5.74, 6) is -0.533. The van der Waals surface area contributed by atoms with Crippen molar-refractivity contribution in [2.75, 3.05) is 13.7 Å². The summed E-state index contributed by atoms with van der Waals surface area (Å²) in [6, 6.07) is 0. The molecule has 1 saturated carbocycles. The molecule has 0 aliphatic heterocycles. The lowest BCUT2D eigenvalue weighted by Crippen LogP contribution is -2.34. The van der Waals surface area contributed by atoms with E-state index in [1.165, 1.54) is 0 Å². The minimum atomic E-state index is -0.883. The van der Waals surface area contributed by atoms with Gasteiger partial charge in [0, 0.05) is 19.7 Å². The van der Waals surface area contributed by atoms with Gasteiger partial charge in [-0.25, -0.2) is 0 Å². The third-order valence-electron chi connectivity index (χ3n) is 2.58. The first kappa shape index (κ1) is 9.52. The van der Waals surface area contributed by atoms with Crippen LogP contribution in [0.3, 0.4) is 0 Å². The first-order valence-corrected chi connectivity index (χ1v) is 4.44. The van der Waals surface area contributed by atoms with E-state index in [0.29, 0.717) is 5.92 Å². The van der Waals surface area contributed by atoms with Crippen LogP contribution in [0, 0.1) is 11.8 Å². The zero-order chi connectivity index (χ0) is 8.97. The van der Waals surface area contributed by atoms with Gasteiger partial charge >= 0.3 is 0 Å². The summed E-state index contributed by atoms with van der Waals surface area (Å²) in [5.41, 5.74) is 0. The molecule has 70 valence electrons. The molecular weight excluding hydrogens is 156 g/mol. The van der Waals surface area contributed by atoms with Crippen molar-refractivity contribution in [1.29, 1.82) is 0 Å². The molecule has 0 amide bonds. The molecule has 0 radical (unpaired) electrons. The fraction of sp³-hybridized carbons (Fsp3) is 0.889. The molecule has 0 heterocycles. The maximum atomic E-state index is 10.5. The van der Waals surface area contributed by atoms with Crippen LogP contribution in [0.15, 0.2) is 0 Å². The predicted molar refractivity (Wildman–Crippen MR) is 42.3 cm³/mol. The molecule has 0 saturated heterocycles. The molecule has 3 nitrogen and oxygen atoms in total. The number of carbonyl (C=O) groups excluding carboxylic acids is 1. The second kappa shape index (κ2) is 4.45. The maximum absolute atomic E-state index is 10.5. The summed E-state index contributed by atoms with van der Waals surface area (Å²) in [5, 5.41) is 10.5. The Balaban J connectivity index is 2.25. The predicted octanol–water partition coefficient (Wildman–Crippen LogP) is 0.189. The van der Waals surface area contributed by atoms with E-state index in [0.717, 1.165) is 32.3 Å². The van der Waals surface area contributed by atoms with Gasteiger partial charge in [0.25, 0.3) is 0 Å². The van der Waals surface area contributed by atoms with Crippen molar-refractivity contribution in [3.8, 4) is 0 Å². The molecule has 3 heteroatoms. The van der Waals surface area contributed by atoms with E-state index in [1.54, 1.807) is 7.11 Å². The van der Waals surface area contributed by atoms with Crippen molar-refractivity contribution in [2.45, 2.75) is 25.7 Å². The molecule has 1 fully saturated rings. The van der Waals surface area contributed by atoms with Crippen molar-refractivity contribution >= 4 is 5.97 Å². The smallest absolute Gasteiger partial charge is 0.0490 e. The number of ether oxygens (including phenoxy) is 1. The van der Waals surface area contributed by atoms with Crippen LogP contribution < -0.4 is 5.11 Å². The summed E-state index contributed by atoms with van der Waals surface area (Å²) in [6.07, 6.45) is 3.45. The number of carbonyl (C=O) groups is 1. The van der Waals surface area contributed by atoms with Gasteiger partial charge in [-0.3, -0.25) is 0 Å². The largest absolute Gasteiger partial charge is 0.550 e. The Bertz CT molecular complexity index is 148. The quantitative estimate of drug-likeness (QED) is 0.609. The van der Waals surface area contributed by atoms with E-state index in [1.807, 2.05) is 0 Å². The third-order valence-corrected chi connectivity index (χ3v) is 2.58. The van der Waals surface area contributed by atoms with Crippen LogP contribution in [0.25, 0.3) is 0 Å². The summed E-state index contributed by atoms with van der Waals surface area (Å²) < 4.78 is 5.01. The number of hydrogen-bond acceptors (Lipinski definition) is 3. The summed E-state index contributed by atoms with van der Waals surface area (Å²) in [6.45, 7) is 0.764. The van der Waals surface area contributed by atoms with Crippen LogP contribution in [0.4, 0.5) is 0 Å². The lowest BCUT2D eigenvalue weighted by atomic mass is 9.82. The Morgan fingerprint density at radius 1 is 1.42 bits per heavy atom. The third kappa shape index (κ3) is 2.48. The number of carboxylic acid groups (broad SMARTS) is 1. The van der Waals surface area contributed by atoms with E-state index >= 15 is 0 Å². The number of aliphatic carboxylic acids is 1. The van der Waals surface area contributed by atoms with Crippen molar-refractivity contribution in [1.82, 2.24) is 0 Å². The lowest BCUT2D eigenvalue weighted by Gasteiger charge is -2.28. The second-order valence-corrected chi connectivity index (χ2v) is 3.49.